The number of Topliss-reactive ketones (excluding diaryl/α,β-unsaturated/α-hetero) is 2. The molecule has 13 heteroatoms. The Hall–Kier alpha value is -3.52. The van der Waals surface area contributed by atoms with Gasteiger partial charge in [0.05, 0.1) is 30.5 Å². The minimum Gasteiger partial charge on any atom is -0.508 e. The van der Waals surface area contributed by atoms with E-state index in [9.17, 15) is 34.8 Å². The van der Waals surface area contributed by atoms with Gasteiger partial charge in [0.1, 0.15) is 22.8 Å². The molecule has 0 unspecified atom stereocenters. The summed E-state index contributed by atoms with van der Waals surface area (Å²) in [6.07, 6.45) is 0.114. The summed E-state index contributed by atoms with van der Waals surface area (Å²) in [5.74, 6) is -6.59. The van der Waals surface area contributed by atoms with E-state index in [0.29, 0.717) is 41.1 Å². The van der Waals surface area contributed by atoms with Crippen LogP contribution in [-0.2, 0) is 25.5 Å². The number of rotatable bonds is 7. The number of aliphatic hydroxyl groups is 3. The summed E-state index contributed by atoms with van der Waals surface area (Å²) in [5, 5.41) is 53.1. The van der Waals surface area contributed by atoms with Crippen LogP contribution in [0.3, 0.4) is 0 Å². The van der Waals surface area contributed by atoms with Gasteiger partial charge in [-0.1, -0.05) is 34.9 Å². The summed E-state index contributed by atoms with van der Waals surface area (Å²) < 4.78 is 10.9. The largest absolute Gasteiger partial charge is 0.508 e. The third-order valence-corrected chi connectivity index (χ3v) is 10.5. The summed E-state index contributed by atoms with van der Waals surface area (Å²) in [4.78, 5) is 40.1. The highest BCUT2D eigenvalue weighted by molar-refractivity contribution is 9.09. The molecular weight excluding hydrogens is 626 g/mol. The third-order valence-electron chi connectivity index (χ3n) is 9.27. The van der Waals surface area contributed by atoms with Crippen molar-refractivity contribution < 1.29 is 44.1 Å². The Balaban J connectivity index is 1.47. The van der Waals surface area contributed by atoms with E-state index in [4.69, 9.17) is 15.0 Å². The Morgan fingerprint density at radius 2 is 1.95 bits per heavy atom. The summed E-state index contributed by atoms with van der Waals surface area (Å²) >= 11 is 3.47. The van der Waals surface area contributed by atoms with Gasteiger partial charge in [-0.25, -0.2) is 0 Å². The lowest BCUT2D eigenvalue weighted by Gasteiger charge is -2.50. The topological polar surface area (TPSA) is 205 Å². The Labute approximate surface area is 254 Å². The number of aromatic nitrogens is 1. The SMILES string of the molecule is CC(C)c1cc(-c2ccc(O)c3c2C[C@H]2C[C@H]4[C@@H](NCC5(CBr)COC5)C(=O)C(C(N)=O)=C(O)[C@@]4(O)C(=O)C2=C3O)on1. The van der Waals surface area contributed by atoms with Gasteiger partial charge in [-0.15, -0.1) is 0 Å². The first-order valence-corrected chi connectivity index (χ1v) is 15.1. The molecule has 4 aliphatic rings. The maximum Gasteiger partial charge on any atom is 0.255 e. The molecule has 1 aliphatic heterocycles. The minimum absolute atomic E-state index is 0.00829. The number of carbonyl (C=O) groups is 3. The van der Waals surface area contributed by atoms with Crippen LogP contribution in [0.15, 0.2) is 39.6 Å². The van der Waals surface area contributed by atoms with Gasteiger partial charge in [0.2, 0.25) is 5.78 Å². The second kappa shape index (κ2) is 10.3. The number of aliphatic hydroxyl groups excluding tert-OH is 2. The molecule has 1 saturated carbocycles. The molecule has 6 rings (SSSR count). The van der Waals surface area contributed by atoms with Crippen molar-refractivity contribution in [3.8, 4) is 17.1 Å². The van der Waals surface area contributed by atoms with E-state index in [-0.39, 0.29) is 47.6 Å². The molecule has 1 aromatic carbocycles. The molecule has 228 valence electrons. The maximum atomic E-state index is 14.1. The Bertz CT molecular complexity index is 1620. The summed E-state index contributed by atoms with van der Waals surface area (Å²) in [6.45, 7) is 5.01. The van der Waals surface area contributed by atoms with E-state index in [0.717, 1.165) is 0 Å². The molecule has 0 bridgehead atoms. The van der Waals surface area contributed by atoms with Crippen molar-refractivity contribution in [2.75, 3.05) is 25.1 Å². The number of nitrogens with zero attached hydrogens (tertiary/aromatic N) is 1. The maximum absolute atomic E-state index is 14.1. The molecule has 2 aromatic rings. The number of carbonyl (C=O) groups excluding carboxylic acids is 3. The molecule has 7 N–H and O–H groups in total. The van der Waals surface area contributed by atoms with Crippen LogP contribution < -0.4 is 11.1 Å². The van der Waals surface area contributed by atoms with Crippen LogP contribution in [-0.4, -0.2) is 79.8 Å². The highest BCUT2D eigenvalue weighted by Crippen LogP contribution is 2.53. The number of halogens is 1. The summed E-state index contributed by atoms with van der Waals surface area (Å²) in [5.41, 5.74) is 3.06. The van der Waals surface area contributed by atoms with Gasteiger partial charge in [0, 0.05) is 40.4 Å². The number of hydrogen-bond donors (Lipinski definition) is 6. The number of fused-ring (bicyclic) bond motifs is 3. The zero-order valence-electron chi connectivity index (χ0n) is 23.5. The average Bonchev–Trinajstić information content (AvgIpc) is 3.42. The first-order chi connectivity index (χ1) is 20.3. The molecule has 1 saturated heterocycles. The Morgan fingerprint density at radius 1 is 1.23 bits per heavy atom. The number of phenols is 1. The van der Waals surface area contributed by atoms with Crippen LogP contribution >= 0.6 is 15.9 Å². The van der Waals surface area contributed by atoms with Gasteiger partial charge in [0.15, 0.2) is 17.1 Å². The van der Waals surface area contributed by atoms with Gasteiger partial charge in [-0.05, 0) is 42.4 Å². The molecule has 12 nitrogen and oxygen atoms in total. The predicted molar refractivity (Wildman–Crippen MR) is 155 cm³/mol. The van der Waals surface area contributed by atoms with Gasteiger partial charge in [-0.2, -0.15) is 0 Å². The number of amides is 1. The van der Waals surface area contributed by atoms with Crippen molar-refractivity contribution in [2.24, 2.45) is 23.0 Å². The van der Waals surface area contributed by atoms with Gasteiger partial charge >= 0.3 is 0 Å². The number of nitrogens with two attached hydrogens (primary N) is 1. The fourth-order valence-corrected chi connectivity index (χ4v) is 7.30. The molecule has 4 atom stereocenters. The zero-order chi connectivity index (χ0) is 31.0. The predicted octanol–water partition coefficient (Wildman–Crippen LogP) is 2.18. The normalized spacial score (nSPS) is 28.0. The van der Waals surface area contributed by atoms with Crippen LogP contribution in [0.2, 0.25) is 0 Å². The first kappa shape index (κ1) is 29.5. The number of hydrogen-bond acceptors (Lipinski definition) is 11. The number of ketones is 2. The number of ether oxygens (including phenoxy) is 1. The zero-order valence-corrected chi connectivity index (χ0v) is 25.1. The highest BCUT2D eigenvalue weighted by Gasteiger charge is 2.64. The number of benzene rings is 1. The van der Waals surface area contributed by atoms with E-state index in [1.165, 1.54) is 6.07 Å². The average molecular weight is 659 g/mol. The number of nitrogens with one attached hydrogen (secondary N) is 1. The van der Waals surface area contributed by atoms with Crippen molar-refractivity contribution in [1.29, 1.82) is 0 Å². The van der Waals surface area contributed by atoms with Crippen LogP contribution in [0.4, 0.5) is 0 Å². The monoisotopic (exact) mass is 657 g/mol. The minimum atomic E-state index is -2.73. The fraction of sp³-hybridized carbons (Fsp3) is 0.467. The lowest BCUT2D eigenvalue weighted by molar-refractivity contribution is -0.151. The van der Waals surface area contributed by atoms with E-state index in [2.05, 4.69) is 26.4 Å². The molecule has 43 heavy (non-hydrogen) atoms. The van der Waals surface area contributed by atoms with Crippen LogP contribution in [0.1, 0.15) is 43.0 Å². The highest BCUT2D eigenvalue weighted by atomic mass is 79.9. The van der Waals surface area contributed by atoms with Crippen molar-refractivity contribution in [2.45, 2.75) is 44.2 Å². The van der Waals surface area contributed by atoms with Gasteiger partial charge in [0.25, 0.3) is 5.91 Å². The number of phenolic OH excluding ortho intramolecular Hbond substituents is 1. The Kier molecular flexibility index (Phi) is 7.07. The molecule has 2 heterocycles. The van der Waals surface area contributed by atoms with E-state index in [1.807, 2.05) is 13.8 Å². The molecule has 3 aliphatic carbocycles. The van der Waals surface area contributed by atoms with E-state index < -0.39 is 58.0 Å². The molecule has 1 aromatic heterocycles. The lowest BCUT2D eigenvalue weighted by Crippen LogP contribution is -2.67. The Morgan fingerprint density at radius 3 is 2.53 bits per heavy atom. The van der Waals surface area contributed by atoms with Crippen LogP contribution in [0, 0.1) is 17.3 Å². The molecule has 0 radical (unpaired) electrons. The van der Waals surface area contributed by atoms with E-state index in [1.54, 1.807) is 12.1 Å². The van der Waals surface area contributed by atoms with Crippen molar-refractivity contribution in [3.63, 3.8) is 0 Å². The molecular formula is C30H32BrN3O9. The molecule has 1 amide bonds. The second-order valence-electron chi connectivity index (χ2n) is 12.3. The van der Waals surface area contributed by atoms with Crippen molar-refractivity contribution >= 4 is 39.2 Å². The van der Waals surface area contributed by atoms with Crippen LogP contribution in [0.25, 0.3) is 17.1 Å². The molecule has 2 fully saturated rings. The molecule has 0 spiro atoms. The number of primary amides is 1. The summed E-state index contributed by atoms with van der Waals surface area (Å²) in [7, 11) is 0. The number of aromatic hydroxyl groups is 1. The third kappa shape index (κ3) is 4.27. The number of alkyl halides is 1. The second-order valence-corrected chi connectivity index (χ2v) is 12.9. The van der Waals surface area contributed by atoms with Crippen molar-refractivity contribution in [1.82, 2.24) is 10.5 Å². The quantitative estimate of drug-likeness (QED) is 0.188. The van der Waals surface area contributed by atoms with E-state index >= 15 is 0 Å². The standard InChI is InChI=1S/C30H32BrN3O9/c1-12(2)17-7-19(43-34-17)14-3-4-18(35)21-15(14)5-13-6-16-23(33-9-29(8-31)10-42-11-29)25(37)22(28(32)40)27(39)30(16,41)26(38)20(13)24(21)36/h3-4,7,12-13,16,23,33,35-36,39,41H,5-6,8-11H2,1-2H3,(H2,32,40)/t13-,16-,23+,30-/m0/s1. The van der Waals surface area contributed by atoms with Gasteiger partial charge < -0.3 is 40.7 Å². The van der Waals surface area contributed by atoms with Crippen LogP contribution in [0.5, 0.6) is 5.75 Å². The summed E-state index contributed by atoms with van der Waals surface area (Å²) in [6, 6.07) is 3.52. The fourth-order valence-electron chi connectivity index (χ4n) is 6.77. The smallest absolute Gasteiger partial charge is 0.255 e. The lowest BCUT2D eigenvalue weighted by atomic mass is 9.57. The van der Waals surface area contributed by atoms with Gasteiger partial charge in [-0.3, -0.25) is 14.4 Å². The first-order valence-electron chi connectivity index (χ1n) is 14.0. The van der Waals surface area contributed by atoms with Crippen molar-refractivity contribution in [3.05, 3.63) is 51.9 Å².